The number of para-hydroxylation sites is 2. The maximum absolute atomic E-state index is 12.4. The van der Waals surface area contributed by atoms with E-state index in [-0.39, 0.29) is 22.9 Å². The topological polar surface area (TPSA) is 106 Å². The summed E-state index contributed by atoms with van der Waals surface area (Å²) in [5.74, 6) is 1.27. The fourth-order valence-corrected chi connectivity index (χ4v) is 3.44. The second-order valence-corrected chi connectivity index (χ2v) is 7.71. The van der Waals surface area contributed by atoms with Crippen molar-refractivity contribution >= 4 is 40.9 Å². The quantitative estimate of drug-likeness (QED) is 0.513. The van der Waals surface area contributed by atoms with Gasteiger partial charge < -0.3 is 16.4 Å². The fraction of sp³-hybridized carbons (Fsp3) is 0.238. The molecule has 2 aromatic carbocycles. The highest BCUT2D eigenvalue weighted by Crippen LogP contribution is 2.27. The second kappa shape index (κ2) is 9.88. The average molecular weight is 409 g/mol. The Kier molecular flexibility index (Phi) is 7.02. The van der Waals surface area contributed by atoms with E-state index in [1.54, 1.807) is 0 Å². The van der Waals surface area contributed by atoms with Crippen molar-refractivity contribution in [2.75, 3.05) is 22.1 Å². The molecule has 4 N–H and O–H groups in total. The van der Waals surface area contributed by atoms with Crippen LogP contribution < -0.4 is 16.4 Å². The van der Waals surface area contributed by atoms with Crippen LogP contribution in [-0.4, -0.2) is 26.6 Å². The van der Waals surface area contributed by atoms with Crippen LogP contribution in [0.5, 0.6) is 0 Å². The van der Waals surface area contributed by atoms with Crippen LogP contribution in [0.15, 0.2) is 54.6 Å². The molecule has 1 atom stereocenters. The van der Waals surface area contributed by atoms with Crippen LogP contribution in [0.2, 0.25) is 0 Å². The zero-order valence-corrected chi connectivity index (χ0v) is 17.2. The van der Waals surface area contributed by atoms with Crippen molar-refractivity contribution < 1.29 is 4.79 Å². The van der Waals surface area contributed by atoms with Crippen molar-refractivity contribution in [2.45, 2.75) is 25.5 Å². The molecule has 3 aromatic rings. The first kappa shape index (κ1) is 20.6. The Balaban J connectivity index is 1.61. The van der Waals surface area contributed by atoms with Gasteiger partial charge in [0.25, 0.3) is 0 Å². The molecular formula is C21H24N6OS. The molecule has 0 saturated carbocycles. The predicted octanol–water partition coefficient (Wildman–Crippen LogP) is 4.19. The Bertz CT molecular complexity index is 966. The number of nitrogen functional groups attached to an aromatic ring is 1. The number of aryl methyl sites for hydroxylation is 1. The molecule has 0 aliphatic carbocycles. The Morgan fingerprint density at radius 3 is 2.55 bits per heavy atom. The molecule has 0 aliphatic heterocycles. The molecule has 1 aromatic heterocycles. The molecule has 29 heavy (non-hydrogen) atoms. The van der Waals surface area contributed by atoms with Crippen molar-refractivity contribution in [1.29, 1.82) is 0 Å². The smallest absolute Gasteiger partial charge is 0.234 e. The minimum absolute atomic E-state index is 0.0626. The first-order chi connectivity index (χ1) is 14.0. The van der Waals surface area contributed by atoms with E-state index in [1.165, 1.54) is 11.8 Å². The summed E-state index contributed by atoms with van der Waals surface area (Å²) >= 11 is 1.45. The predicted molar refractivity (Wildman–Crippen MR) is 119 cm³/mol. The van der Waals surface area contributed by atoms with Gasteiger partial charge in [0.2, 0.25) is 17.8 Å². The number of rotatable bonds is 8. The van der Waals surface area contributed by atoms with Crippen molar-refractivity contribution in [3.8, 4) is 0 Å². The lowest BCUT2D eigenvalue weighted by molar-refractivity contribution is -0.113. The molecule has 0 radical (unpaired) electrons. The lowest BCUT2D eigenvalue weighted by atomic mass is 10.1. The molecule has 3 rings (SSSR count). The first-order valence-electron chi connectivity index (χ1n) is 9.38. The van der Waals surface area contributed by atoms with Gasteiger partial charge in [-0.3, -0.25) is 4.79 Å². The summed E-state index contributed by atoms with van der Waals surface area (Å²) in [6, 6.07) is 17.4. The largest absolute Gasteiger partial charge is 0.368 e. The first-order valence-corrected chi connectivity index (χ1v) is 10.4. The van der Waals surface area contributed by atoms with Gasteiger partial charge in [0.05, 0.1) is 11.0 Å². The van der Waals surface area contributed by atoms with Gasteiger partial charge in [-0.05, 0) is 37.1 Å². The van der Waals surface area contributed by atoms with Crippen molar-refractivity contribution in [1.82, 2.24) is 15.0 Å². The number of carbonyl (C=O) groups excluding carboxylic acids is 1. The normalized spacial score (nSPS) is 11.7. The lowest BCUT2D eigenvalue weighted by Gasteiger charge is -2.13. The van der Waals surface area contributed by atoms with Crippen LogP contribution in [0.25, 0.3) is 0 Å². The molecule has 0 aliphatic rings. The minimum Gasteiger partial charge on any atom is -0.368 e. The van der Waals surface area contributed by atoms with Crippen LogP contribution in [-0.2, 0) is 11.2 Å². The van der Waals surface area contributed by atoms with Gasteiger partial charge in [-0.1, -0.05) is 43.3 Å². The summed E-state index contributed by atoms with van der Waals surface area (Å²) in [7, 11) is 0. The van der Waals surface area contributed by atoms with Crippen LogP contribution in [0.4, 0.5) is 23.3 Å². The van der Waals surface area contributed by atoms with Crippen LogP contribution in [0.1, 0.15) is 30.5 Å². The molecule has 7 nitrogen and oxygen atoms in total. The van der Waals surface area contributed by atoms with Gasteiger partial charge >= 0.3 is 0 Å². The third-order valence-corrected chi connectivity index (χ3v) is 5.34. The van der Waals surface area contributed by atoms with E-state index in [1.807, 2.05) is 61.5 Å². The third-order valence-electron chi connectivity index (χ3n) is 4.20. The number of amides is 1. The van der Waals surface area contributed by atoms with E-state index < -0.39 is 0 Å². The zero-order chi connectivity index (χ0) is 20.6. The van der Waals surface area contributed by atoms with E-state index in [2.05, 4.69) is 32.5 Å². The maximum Gasteiger partial charge on any atom is 0.234 e. The Morgan fingerprint density at radius 1 is 1.07 bits per heavy atom. The van der Waals surface area contributed by atoms with Crippen LogP contribution in [0, 0.1) is 0 Å². The highest BCUT2D eigenvalue weighted by Gasteiger charge is 2.15. The highest BCUT2D eigenvalue weighted by molar-refractivity contribution is 8.00. The number of nitrogens with zero attached hydrogens (tertiary/aromatic N) is 3. The molecule has 150 valence electrons. The van der Waals surface area contributed by atoms with Gasteiger partial charge in [-0.2, -0.15) is 15.0 Å². The summed E-state index contributed by atoms with van der Waals surface area (Å²) in [6.45, 7) is 4.01. The number of thioether (sulfide) groups is 1. The van der Waals surface area contributed by atoms with Crippen molar-refractivity contribution in [2.24, 2.45) is 0 Å². The van der Waals surface area contributed by atoms with Gasteiger partial charge in [0, 0.05) is 11.4 Å². The molecule has 1 unspecified atom stereocenters. The number of aromatic nitrogens is 3. The van der Waals surface area contributed by atoms with Gasteiger partial charge in [-0.15, -0.1) is 11.8 Å². The monoisotopic (exact) mass is 408 g/mol. The molecule has 1 amide bonds. The van der Waals surface area contributed by atoms with Gasteiger partial charge in [0.15, 0.2) is 0 Å². The number of hydrogen-bond acceptors (Lipinski definition) is 7. The van der Waals surface area contributed by atoms with E-state index in [0.717, 1.165) is 23.4 Å². The summed E-state index contributed by atoms with van der Waals surface area (Å²) in [5, 5.41) is 5.97. The van der Waals surface area contributed by atoms with Gasteiger partial charge in [0.1, 0.15) is 5.82 Å². The van der Waals surface area contributed by atoms with E-state index in [0.29, 0.717) is 11.8 Å². The van der Waals surface area contributed by atoms with Crippen LogP contribution in [0.3, 0.4) is 0 Å². The van der Waals surface area contributed by atoms with Crippen molar-refractivity contribution in [3.05, 3.63) is 66.0 Å². The van der Waals surface area contributed by atoms with E-state index >= 15 is 0 Å². The molecule has 0 fully saturated rings. The second-order valence-electron chi connectivity index (χ2n) is 6.38. The highest BCUT2D eigenvalue weighted by atomic mass is 32.2. The van der Waals surface area contributed by atoms with E-state index in [4.69, 9.17) is 5.73 Å². The Hall–Kier alpha value is -3.13. The minimum atomic E-state index is -0.121. The van der Waals surface area contributed by atoms with Crippen LogP contribution >= 0.6 is 11.8 Å². The number of carbonyl (C=O) groups is 1. The number of anilines is 4. The molecule has 0 saturated heterocycles. The SMILES string of the molecule is CCc1ccccc1NC(=O)CSC(C)c1nc(N)nc(Nc2ccccc2)n1. The standard InChI is InChI=1S/C21H24N6OS/c1-3-15-9-7-8-12-17(15)24-18(28)13-29-14(2)19-25-20(22)27-21(26-19)23-16-10-5-4-6-11-16/h4-12,14H,3,13H2,1-2H3,(H,24,28)(H3,22,23,25,26,27). The Morgan fingerprint density at radius 2 is 1.79 bits per heavy atom. The third kappa shape index (κ3) is 5.92. The number of hydrogen-bond donors (Lipinski definition) is 3. The molecule has 0 spiro atoms. The molecule has 1 heterocycles. The van der Waals surface area contributed by atoms with Crippen molar-refractivity contribution in [3.63, 3.8) is 0 Å². The molecule has 8 heteroatoms. The molecular weight excluding hydrogens is 384 g/mol. The zero-order valence-electron chi connectivity index (χ0n) is 16.4. The Labute approximate surface area is 174 Å². The average Bonchev–Trinajstić information content (AvgIpc) is 2.72. The number of nitrogens with one attached hydrogen (secondary N) is 2. The van der Waals surface area contributed by atoms with Gasteiger partial charge in [-0.25, -0.2) is 0 Å². The lowest BCUT2D eigenvalue weighted by Crippen LogP contribution is -2.16. The summed E-state index contributed by atoms with van der Waals surface area (Å²) < 4.78 is 0. The van der Waals surface area contributed by atoms with E-state index in [9.17, 15) is 4.79 Å². The fourth-order valence-electron chi connectivity index (χ4n) is 2.71. The number of nitrogens with two attached hydrogens (primary N) is 1. The summed E-state index contributed by atoms with van der Waals surface area (Å²) in [5.41, 5.74) is 8.68. The summed E-state index contributed by atoms with van der Waals surface area (Å²) in [6.07, 6.45) is 0.862. The maximum atomic E-state index is 12.4. The molecule has 0 bridgehead atoms. The summed E-state index contributed by atoms with van der Waals surface area (Å²) in [4.78, 5) is 25.2. The number of benzene rings is 2.